The Balaban J connectivity index is 2.18. The molecule has 19 heavy (non-hydrogen) atoms. The lowest BCUT2D eigenvalue weighted by Gasteiger charge is -2.30. The summed E-state index contributed by atoms with van der Waals surface area (Å²) in [6, 6.07) is 1.06. The first kappa shape index (κ1) is 13.9. The van der Waals surface area contributed by atoms with Crippen molar-refractivity contribution in [3.8, 4) is 0 Å². The minimum atomic E-state index is -4.51. The molecule has 1 aromatic heterocycles. The highest BCUT2D eigenvalue weighted by Crippen LogP contribution is 2.31. The third kappa shape index (κ3) is 3.48. The van der Waals surface area contributed by atoms with Crippen LogP contribution in [-0.2, 0) is 6.18 Å². The topological polar surface area (TPSA) is 63.8 Å². The lowest BCUT2D eigenvalue weighted by Crippen LogP contribution is -2.31. The Hall–Kier alpha value is -1.53. The fourth-order valence-corrected chi connectivity index (χ4v) is 2.41. The first-order valence-corrected chi connectivity index (χ1v) is 6.34. The summed E-state index contributed by atoms with van der Waals surface area (Å²) in [5.41, 5.74) is 4.33. The van der Waals surface area contributed by atoms with Crippen LogP contribution in [0.4, 0.5) is 24.9 Å². The van der Waals surface area contributed by atoms with Gasteiger partial charge in [0.1, 0.15) is 5.82 Å². The molecule has 4 nitrogen and oxygen atoms in total. The number of anilines is 2. The van der Waals surface area contributed by atoms with Crippen molar-refractivity contribution in [2.45, 2.75) is 44.8 Å². The number of halogens is 3. The molecule has 0 bridgehead atoms. The number of nitrogens with two attached hydrogens (primary N) is 1. The summed E-state index contributed by atoms with van der Waals surface area (Å²) in [5.74, 6) is 0.207. The Bertz CT molecular complexity index is 447. The highest BCUT2D eigenvalue weighted by atomic mass is 19.4. The Morgan fingerprint density at radius 2 is 1.95 bits per heavy atom. The van der Waals surface area contributed by atoms with E-state index in [0.29, 0.717) is 5.92 Å². The first-order valence-electron chi connectivity index (χ1n) is 6.34. The molecule has 0 radical (unpaired) electrons. The Labute approximate surface area is 109 Å². The zero-order chi connectivity index (χ0) is 14.0. The van der Waals surface area contributed by atoms with Crippen LogP contribution >= 0.6 is 0 Å². The SMILES string of the molecule is CC1CCCCC1Nc1cc(C(F)(F)F)nc(N)n1. The molecular formula is C12H17F3N4. The number of rotatable bonds is 2. The molecule has 1 aromatic rings. The van der Waals surface area contributed by atoms with Crippen LogP contribution in [0.15, 0.2) is 6.07 Å². The van der Waals surface area contributed by atoms with Crippen LogP contribution in [0.3, 0.4) is 0 Å². The van der Waals surface area contributed by atoms with E-state index in [9.17, 15) is 13.2 Å². The molecule has 0 spiro atoms. The van der Waals surface area contributed by atoms with Gasteiger partial charge < -0.3 is 11.1 Å². The van der Waals surface area contributed by atoms with Crippen LogP contribution in [0.1, 0.15) is 38.3 Å². The zero-order valence-electron chi connectivity index (χ0n) is 10.7. The van der Waals surface area contributed by atoms with Gasteiger partial charge in [-0.25, -0.2) is 4.98 Å². The normalized spacial score (nSPS) is 24.2. The largest absolute Gasteiger partial charge is 0.433 e. The van der Waals surface area contributed by atoms with Gasteiger partial charge in [-0.1, -0.05) is 19.8 Å². The smallest absolute Gasteiger partial charge is 0.368 e. The Morgan fingerprint density at radius 3 is 2.58 bits per heavy atom. The van der Waals surface area contributed by atoms with Crippen molar-refractivity contribution in [2.24, 2.45) is 5.92 Å². The number of alkyl halides is 3. The van der Waals surface area contributed by atoms with Gasteiger partial charge in [-0.05, 0) is 18.8 Å². The minimum absolute atomic E-state index is 0.143. The van der Waals surface area contributed by atoms with Crippen molar-refractivity contribution in [3.05, 3.63) is 11.8 Å². The summed E-state index contributed by atoms with van der Waals surface area (Å²) in [5, 5.41) is 3.05. The maximum absolute atomic E-state index is 12.6. The molecule has 2 atom stereocenters. The second-order valence-corrected chi connectivity index (χ2v) is 5.01. The van der Waals surface area contributed by atoms with E-state index in [1.54, 1.807) is 0 Å². The van der Waals surface area contributed by atoms with Crippen LogP contribution in [0, 0.1) is 5.92 Å². The molecule has 1 aliphatic rings. The van der Waals surface area contributed by atoms with Crippen molar-refractivity contribution in [2.75, 3.05) is 11.1 Å². The number of nitrogens with zero attached hydrogens (tertiary/aromatic N) is 2. The maximum Gasteiger partial charge on any atom is 0.433 e. The summed E-state index contributed by atoms with van der Waals surface area (Å²) < 4.78 is 37.9. The molecule has 3 N–H and O–H groups in total. The number of nitrogens with one attached hydrogen (secondary N) is 1. The average molecular weight is 274 g/mol. The van der Waals surface area contributed by atoms with E-state index >= 15 is 0 Å². The molecule has 0 amide bonds. The van der Waals surface area contributed by atoms with E-state index in [2.05, 4.69) is 22.2 Å². The third-order valence-corrected chi connectivity index (χ3v) is 3.48. The molecule has 1 heterocycles. The highest BCUT2D eigenvalue weighted by Gasteiger charge is 2.34. The van der Waals surface area contributed by atoms with Gasteiger partial charge in [-0.3, -0.25) is 0 Å². The summed E-state index contributed by atoms with van der Waals surface area (Å²) in [6.07, 6.45) is -0.254. The number of hydrogen-bond donors (Lipinski definition) is 2. The van der Waals surface area contributed by atoms with Crippen molar-refractivity contribution in [1.82, 2.24) is 9.97 Å². The molecule has 2 rings (SSSR count). The Morgan fingerprint density at radius 1 is 1.26 bits per heavy atom. The van der Waals surface area contributed by atoms with Gasteiger partial charge in [0.25, 0.3) is 0 Å². The van der Waals surface area contributed by atoms with Gasteiger partial charge in [-0.15, -0.1) is 0 Å². The minimum Gasteiger partial charge on any atom is -0.368 e. The lowest BCUT2D eigenvalue weighted by molar-refractivity contribution is -0.141. The second-order valence-electron chi connectivity index (χ2n) is 5.01. The van der Waals surface area contributed by atoms with Gasteiger partial charge >= 0.3 is 6.18 Å². The molecule has 1 fully saturated rings. The Kier molecular flexibility index (Phi) is 3.82. The molecule has 0 aromatic carbocycles. The highest BCUT2D eigenvalue weighted by molar-refractivity contribution is 5.42. The summed E-state index contributed by atoms with van der Waals surface area (Å²) in [6.45, 7) is 2.09. The number of aromatic nitrogens is 2. The van der Waals surface area contributed by atoms with E-state index in [-0.39, 0.29) is 17.8 Å². The van der Waals surface area contributed by atoms with Crippen molar-refractivity contribution < 1.29 is 13.2 Å². The van der Waals surface area contributed by atoms with Crippen LogP contribution in [0.25, 0.3) is 0 Å². The summed E-state index contributed by atoms with van der Waals surface area (Å²) >= 11 is 0. The molecule has 1 saturated carbocycles. The number of hydrogen-bond acceptors (Lipinski definition) is 4. The fraction of sp³-hybridized carbons (Fsp3) is 0.667. The van der Waals surface area contributed by atoms with Crippen LogP contribution in [0.2, 0.25) is 0 Å². The van der Waals surface area contributed by atoms with E-state index in [0.717, 1.165) is 25.3 Å². The first-order chi connectivity index (χ1) is 8.86. The van der Waals surface area contributed by atoms with E-state index < -0.39 is 11.9 Å². The van der Waals surface area contributed by atoms with Gasteiger partial charge in [0, 0.05) is 12.1 Å². The van der Waals surface area contributed by atoms with Crippen LogP contribution in [-0.4, -0.2) is 16.0 Å². The molecular weight excluding hydrogens is 257 g/mol. The fourth-order valence-electron chi connectivity index (χ4n) is 2.41. The van der Waals surface area contributed by atoms with Crippen molar-refractivity contribution >= 4 is 11.8 Å². The van der Waals surface area contributed by atoms with Crippen molar-refractivity contribution in [3.63, 3.8) is 0 Å². The van der Waals surface area contributed by atoms with E-state index in [1.165, 1.54) is 6.42 Å². The van der Waals surface area contributed by atoms with Gasteiger partial charge in [-0.2, -0.15) is 18.2 Å². The predicted octanol–water partition coefficient (Wildman–Crippen LogP) is 3.07. The number of nitrogen functional groups attached to an aromatic ring is 1. The van der Waals surface area contributed by atoms with Crippen LogP contribution in [0.5, 0.6) is 0 Å². The average Bonchev–Trinajstić information content (AvgIpc) is 2.30. The monoisotopic (exact) mass is 274 g/mol. The molecule has 106 valence electrons. The lowest BCUT2D eigenvalue weighted by atomic mass is 9.86. The van der Waals surface area contributed by atoms with Crippen LogP contribution < -0.4 is 11.1 Å². The van der Waals surface area contributed by atoms with Crippen molar-refractivity contribution in [1.29, 1.82) is 0 Å². The summed E-state index contributed by atoms with van der Waals surface area (Å²) in [7, 11) is 0. The second kappa shape index (κ2) is 5.22. The molecule has 1 aliphatic carbocycles. The van der Waals surface area contributed by atoms with Gasteiger partial charge in [0.15, 0.2) is 5.69 Å². The molecule has 7 heteroatoms. The van der Waals surface area contributed by atoms with Gasteiger partial charge in [0.05, 0.1) is 0 Å². The quantitative estimate of drug-likeness (QED) is 0.870. The van der Waals surface area contributed by atoms with E-state index in [1.807, 2.05) is 0 Å². The maximum atomic E-state index is 12.6. The summed E-state index contributed by atoms with van der Waals surface area (Å²) in [4.78, 5) is 7.05. The molecule has 2 unspecified atom stereocenters. The van der Waals surface area contributed by atoms with E-state index in [4.69, 9.17) is 5.73 Å². The zero-order valence-corrected chi connectivity index (χ0v) is 10.7. The van der Waals surface area contributed by atoms with Gasteiger partial charge in [0.2, 0.25) is 5.95 Å². The third-order valence-electron chi connectivity index (χ3n) is 3.48. The molecule has 0 aliphatic heterocycles. The molecule has 0 saturated heterocycles. The standard InChI is InChI=1S/C12H17F3N4/c1-7-4-2-3-5-8(7)17-10-6-9(12(13,14)15)18-11(16)19-10/h6-8H,2-5H2,1H3,(H3,16,17,18,19). The predicted molar refractivity (Wildman–Crippen MR) is 66.5 cm³/mol.